The molecule has 1 heterocycles. The van der Waals surface area contributed by atoms with Crippen LogP contribution in [0.25, 0.3) is 0 Å². The molecule has 2 nitrogen and oxygen atoms in total. The van der Waals surface area contributed by atoms with Crippen molar-refractivity contribution in [3.05, 3.63) is 35.4 Å². The van der Waals surface area contributed by atoms with Crippen LogP contribution in [0.15, 0.2) is 24.3 Å². The van der Waals surface area contributed by atoms with E-state index in [9.17, 15) is 13.2 Å². The van der Waals surface area contributed by atoms with Crippen LogP contribution in [0.5, 0.6) is 0 Å². The van der Waals surface area contributed by atoms with E-state index in [-0.39, 0.29) is 5.54 Å². The number of alkyl halides is 3. The third-order valence-electron chi connectivity index (χ3n) is 3.51. The summed E-state index contributed by atoms with van der Waals surface area (Å²) in [4.78, 5) is 2.16. The molecule has 0 bridgehead atoms. The molecule has 0 aromatic heterocycles. The molecule has 5 heteroatoms. The van der Waals surface area contributed by atoms with Crippen molar-refractivity contribution < 1.29 is 13.2 Å². The molecule has 0 radical (unpaired) electrons. The van der Waals surface area contributed by atoms with Gasteiger partial charge in [0.05, 0.1) is 5.56 Å². The van der Waals surface area contributed by atoms with E-state index in [1.807, 2.05) is 0 Å². The van der Waals surface area contributed by atoms with Gasteiger partial charge in [0, 0.05) is 25.2 Å². The first kappa shape index (κ1) is 14.3. The molecule has 19 heavy (non-hydrogen) atoms. The van der Waals surface area contributed by atoms with Gasteiger partial charge in [-0.05, 0) is 24.1 Å². The molecule has 0 saturated carbocycles. The summed E-state index contributed by atoms with van der Waals surface area (Å²) in [5, 5.41) is 0. The molecule has 0 spiro atoms. The second kappa shape index (κ2) is 5.13. The maximum atomic E-state index is 12.4. The van der Waals surface area contributed by atoms with Gasteiger partial charge in [-0.1, -0.05) is 25.5 Å². The minimum atomic E-state index is -4.26. The van der Waals surface area contributed by atoms with Crippen molar-refractivity contribution in [2.45, 2.75) is 38.0 Å². The van der Waals surface area contributed by atoms with Gasteiger partial charge in [0.2, 0.25) is 0 Å². The summed E-state index contributed by atoms with van der Waals surface area (Å²) in [5.41, 5.74) is 6.35. The Morgan fingerprint density at radius 2 is 1.79 bits per heavy atom. The van der Waals surface area contributed by atoms with E-state index >= 15 is 0 Å². The van der Waals surface area contributed by atoms with Crippen molar-refractivity contribution in [3.63, 3.8) is 0 Å². The zero-order valence-corrected chi connectivity index (χ0v) is 11.0. The largest absolute Gasteiger partial charge is 0.416 e. The van der Waals surface area contributed by atoms with Crippen LogP contribution in [0, 0.1) is 0 Å². The van der Waals surface area contributed by atoms with Gasteiger partial charge in [-0.15, -0.1) is 0 Å². The minimum Gasteiger partial charge on any atom is -0.323 e. The van der Waals surface area contributed by atoms with Crippen molar-refractivity contribution in [3.8, 4) is 0 Å². The standard InChI is InChI=1S/C14H19F3N2/c1-2-7-13(18)9-19(10-13)8-11-3-5-12(6-4-11)14(15,16)17/h3-6H,2,7-10,18H2,1H3. The van der Waals surface area contributed by atoms with Gasteiger partial charge in [-0.3, -0.25) is 4.90 Å². The molecule has 0 unspecified atom stereocenters. The third kappa shape index (κ3) is 3.48. The van der Waals surface area contributed by atoms with Crippen LogP contribution in [0.4, 0.5) is 13.2 Å². The number of likely N-dealkylation sites (tertiary alicyclic amines) is 1. The SMILES string of the molecule is CCCC1(N)CN(Cc2ccc(C(F)(F)F)cc2)C1. The van der Waals surface area contributed by atoms with Crippen LogP contribution in [0.2, 0.25) is 0 Å². The van der Waals surface area contributed by atoms with Gasteiger partial charge in [-0.2, -0.15) is 13.2 Å². The number of benzene rings is 1. The molecule has 1 aliphatic rings. The van der Waals surface area contributed by atoms with Crippen molar-refractivity contribution in [1.29, 1.82) is 0 Å². The summed E-state index contributed by atoms with van der Waals surface area (Å²) in [5.74, 6) is 0. The quantitative estimate of drug-likeness (QED) is 0.913. The van der Waals surface area contributed by atoms with E-state index in [0.717, 1.165) is 43.6 Å². The second-order valence-electron chi connectivity index (χ2n) is 5.45. The zero-order valence-electron chi connectivity index (χ0n) is 11.0. The number of hydrogen-bond donors (Lipinski definition) is 1. The first-order valence-electron chi connectivity index (χ1n) is 6.50. The molecule has 0 amide bonds. The Morgan fingerprint density at radius 3 is 2.26 bits per heavy atom. The molecule has 106 valence electrons. The average Bonchev–Trinajstić information content (AvgIpc) is 2.27. The monoisotopic (exact) mass is 272 g/mol. The lowest BCUT2D eigenvalue weighted by molar-refractivity contribution is -0.137. The fourth-order valence-electron chi connectivity index (χ4n) is 2.67. The van der Waals surface area contributed by atoms with E-state index in [2.05, 4.69) is 11.8 Å². The molecule has 1 aromatic rings. The van der Waals surface area contributed by atoms with Gasteiger partial charge in [0.1, 0.15) is 0 Å². The van der Waals surface area contributed by atoms with Gasteiger partial charge < -0.3 is 5.73 Å². The van der Waals surface area contributed by atoms with Crippen LogP contribution in [-0.4, -0.2) is 23.5 Å². The Bertz CT molecular complexity index is 419. The molecule has 0 aliphatic carbocycles. The summed E-state index contributed by atoms with van der Waals surface area (Å²) in [6.07, 6.45) is -2.20. The van der Waals surface area contributed by atoms with Crippen LogP contribution in [0.3, 0.4) is 0 Å². The Kier molecular flexibility index (Phi) is 3.87. The lowest BCUT2D eigenvalue weighted by Crippen LogP contribution is -2.66. The average molecular weight is 272 g/mol. The smallest absolute Gasteiger partial charge is 0.323 e. The van der Waals surface area contributed by atoms with Gasteiger partial charge in [0.25, 0.3) is 0 Å². The Labute approximate surface area is 111 Å². The highest BCUT2D eigenvalue weighted by Gasteiger charge is 2.38. The lowest BCUT2D eigenvalue weighted by Gasteiger charge is -2.48. The van der Waals surface area contributed by atoms with E-state index in [4.69, 9.17) is 5.73 Å². The number of halogens is 3. The third-order valence-corrected chi connectivity index (χ3v) is 3.51. The predicted octanol–water partition coefficient (Wildman–Crippen LogP) is 3.02. The van der Waals surface area contributed by atoms with Crippen LogP contribution in [-0.2, 0) is 12.7 Å². The highest BCUT2D eigenvalue weighted by atomic mass is 19.4. The Hall–Kier alpha value is -1.07. The fraction of sp³-hybridized carbons (Fsp3) is 0.571. The summed E-state index contributed by atoms with van der Waals surface area (Å²) in [7, 11) is 0. The predicted molar refractivity (Wildman–Crippen MR) is 68.5 cm³/mol. The fourth-order valence-corrected chi connectivity index (χ4v) is 2.67. The molecule has 0 atom stereocenters. The Morgan fingerprint density at radius 1 is 1.21 bits per heavy atom. The number of hydrogen-bond acceptors (Lipinski definition) is 2. The topological polar surface area (TPSA) is 29.3 Å². The van der Waals surface area contributed by atoms with E-state index in [1.54, 1.807) is 12.1 Å². The highest BCUT2D eigenvalue weighted by Crippen LogP contribution is 2.30. The van der Waals surface area contributed by atoms with Crippen LogP contribution < -0.4 is 5.73 Å². The molecular weight excluding hydrogens is 253 g/mol. The maximum Gasteiger partial charge on any atom is 0.416 e. The zero-order chi connectivity index (χ0) is 14.1. The van der Waals surface area contributed by atoms with Crippen LogP contribution >= 0.6 is 0 Å². The summed E-state index contributed by atoms with van der Waals surface area (Å²) >= 11 is 0. The number of nitrogens with two attached hydrogens (primary N) is 1. The van der Waals surface area contributed by atoms with Gasteiger partial charge in [-0.25, -0.2) is 0 Å². The van der Waals surface area contributed by atoms with Crippen LogP contribution in [0.1, 0.15) is 30.9 Å². The number of nitrogens with zero attached hydrogens (tertiary/aromatic N) is 1. The van der Waals surface area contributed by atoms with Crippen molar-refractivity contribution in [2.75, 3.05) is 13.1 Å². The molecule has 1 saturated heterocycles. The van der Waals surface area contributed by atoms with Crippen molar-refractivity contribution >= 4 is 0 Å². The normalized spacial score (nSPS) is 19.2. The summed E-state index contributed by atoms with van der Waals surface area (Å²) < 4.78 is 37.3. The van der Waals surface area contributed by atoms with Crippen molar-refractivity contribution in [1.82, 2.24) is 4.90 Å². The van der Waals surface area contributed by atoms with Crippen molar-refractivity contribution in [2.24, 2.45) is 5.73 Å². The maximum absolute atomic E-state index is 12.4. The Balaban J connectivity index is 1.89. The first-order valence-corrected chi connectivity index (χ1v) is 6.50. The molecule has 1 aromatic carbocycles. The molecule has 1 fully saturated rings. The second-order valence-corrected chi connectivity index (χ2v) is 5.45. The molecule has 2 rings (SSSR count). The van der Waals surface area contributed by atoms with E-state index < -0.39 is 11.7 Å². The van der Waals surface area contributed by atoms with E-state index in [0.29, 0.717) is 6.54 Å². The summed E-state index contributed by atoms with van der Waals surface area (Å²) in [6, 6.07) is 5.35. The van der Waals surface area contributed by atoms with Gasteiger partial charge in [0.15, 0.2) is 0 Å². The summed E-state index contributed by atoms with van der Waals surface area (Å²) in [6.45, 7) is 4.41. The molecular formula is C14H19F3N2. The lowest BCUT2D eigenvalue weighted by atomic mass is 9.86. The minimum absolute atomic E-state index is 0.0966. The molecule has 2 N–H and O–H groups in total. The number of rotatable bonds is 4. The first-order chi connectivity index (χ1) is 8.82. The molecule has 1 aliphatic heterocycles. The van der Waals surface area contributed by atoms with E-state index in [1.165, 1.54) is 0 Å². The highest BCUT2D eigenvalue weighted by molar-refractivity contribution is 5.25. The van der Waals surface area contributed by atoms with Gasteiger partial charge >= 0.3 is 6.18 Å².